The smallest absolute Gasteiger partial charge is 0.141 e. The van der Waals surface area contributed by atoms with E-state index in [1.165, 1.54) is 12.4 Å². The Morgan fingerprint density at radius 3 is 2.71 bits per heavy atom. The maximum absolute atomic E-state index is 13.3. The zero-order valence-corrected chi connectivity index (χ0v) is 10.1. The molecule has 0 atom stereocenters. The van der Waals surface area contributed by atoms with Crippen LogP contribution in [0.5, 0.6) is 0 Å². The van der Waals surface area contributed by atoms with Crippen molar-refractivity contribution in [3.8, 4) is 11.4 Å². The van der Waals surface area contributed by atoms with Gasteiger partial charge in [-0.1, -0.05) is 0 Å². The van der Waals surface area contributed by atoms with Crippen LogP contribution in [0.3, 0.4) is 0 Å². The SMILES string of the molecule is Fc1cc2[nH]c(-c3cncnc3)nc2cc1Br. The highest BCUT2D eigenvalue weighted by atomic mass is 79.9. The summed E-state index contributed by atoms with van der Waals surface area (Å²) in [5, 5.41) is 0. The topological polar surface area (TPSA) is 54.5 Å². The molecule has 84 valence electrons. The molecule has 0 saturated heterocycles. The van der Waals surface area contributed by atoms with E-state index in [2.05, 4.69) is 35.9 Å². The van der Waals surface area contributed by atoms with E-state index < -0.39 is 0 Å². The van der Waals surface area contributed by atoms with Crippen molar-refractivity contribution in [2.45, 2.75) is 0 Å². The van der Waals surface area contributed by atoms with E-state index in [1.807, 2.05) is 0 Å². The first-order chi connectivity index (χ1) is 8.24. The summed E-state index contributed by atoms with van der Waals surface area (Å²) in [6.45, 7) is 0. The predicted octanol–water partition coefficient (Wildman–Crippen LogP) is 2.92. The molecule has 0 aliphatic heterocycles. The third-order valence-corrected chi connectivity index (χ3v) is 2.97. The summed E-state index contributed by atoms with van der Waals surface area (Å²) in [7, 11) is 0. The molecule has 2 heterocycles. The molecule has 0 radical (unpaired) electrons. The van der Waals surface area contributed by atoms with Crippen molar-refractivity contribution < 1.29 is 4.39 Å². The highest BCUT2D eigenvalue weighted by Gasteiger charge is 2.08. The zero-order valence-electron chi connectivity index (χ0n) is 8.48. The van der Waals surface area contributed by atoms with Crippen molar-refractivity contribution in [3.63, 3.8) is 0 Å². The first-order valence-electron chi connectivity index (χ1n) is 4.84. The summed E-state index contributed by atoms with van der Waals surface area (Å²) < 4.78 is 13.7. The van der Waals surface area contributed by atoms with Crippen molar-refractivity contribution in [1.29, 1.82) is 0 Å². The van der Waals surface area contributed by atoms with E-state index in [-0.39, 0.29) is 5.82 Å². The number of aromatic amines is 1. The first kappa shape index (κ1) is 10.3. The average Bonchev–Trinajstić information content (AvgIpc) is 2.74. The number of hydrogen-bond donors (Lipinski definition) is 1. The summed E-state index contributed by atoms with van der Waals surface area (Å²) >= 11 is 3.13. The van der Waals surface area contributed by atoms with Crippen molar-refractivity contribution in [2.24, 2.45) is 0 Å². The summed E-state index contributed by atoms with van der Waals surface area (Å²) in [6.07, 6.45) is 4.74. The van der Waals surface area contributed by atoms with Crippen molar-refractivity contribution in [1.82, 2.24) is 19.9 Å². The van der Waals surface area contributed by atoms with E-state index >= 15 is 0 Å². The van der Waals surface area contributed by atoms with Crippen LogP contribution in [0.25, 0.3) is 22.4 Å². The molecule has 3 rings (SSSR count). The Hall–Kier alpha value is -1.82. The highest BCUT2D eigenvalue weighted by Crippen LogP contribution is 2.24. The van der Waals surface area contributed by atoms with Gasteiger partial charge in [0.25, 0.3) is 0 Å². The van der Waals surface area contributed by atoms with Gasteiger partial charge in [0.15, 0.2) is 0 Å². The number of aromatic nitrogens is 4. The van der Waals surface area contributed by atoms with Crippen molar-refractivity contribution >= 4 is 27.0 Å². The van der Waals surface area contributed by atoms with Gasteiger partial charge >= 0.3 is 0 Å². The van der Waals surface area contributed by atoms with Gasteiger partial charge in [-0.3, -0.25) is 0 Å². The third-order valence-electron chi connectivity index (χ3n) is 2.36. The number of halogens is 2. The van der Waals surface area contributed by atoms with Crippen molar-refractivity contribution in [2.75, 3.05) is 0 Å². The molecular formula is C11H6BrFN4. The number of imidazole rings is 1. The lowest BCUT2D eigenvalue weighted by Gasteiger charge is -1.92. The number of rotatable bonds is 1. The number of fused-ring (bicyclic) bond motifs is 1. The third kappa shape index (κ3) is 1.80. The van der Waals surface area contributed by atoms with Crippen LogP contribution in [0, 0.1) is 5.82 Å². The molecule has 1 N–H and O–H groups in total. The Kier molecular flexibility index (Phi) is 2.36. The average molecular weight is 293 g/mol. The molecule has 4 nitrogen and oxygen atoms in total. The van der Waals surface area contributed by atoms with Crippen LogP contribution < -0.4 is 0 Å². The van der Waals surface area contributed by atoms with Crippen LogP contribution in [0.4, 0.5) is 4.39 Å². The second kappa shape index (κ2) is 3.89. The normalized spacial score (nSPS) is 10.9. The fourth-order valence-corrected chi connectivity index (χ4v) is 1.89. The number of nitrogens with one attached hydrogen (secondary N) is 1. The number of benzene rings is 1. The fourth-order valence-electron chi connectivity index (χ4n) is 1.56. The first-order valence-corrected chi connectivity index (χ1v) is 5.63. The Balaban J connectivity index is 2.21. The minimum atomic E-state index is -0.322. The maximum Gasteiger partial charge on any atom is 0.141 e. The minimum absolute atomic E-state index is 0.322. The summed E-state index contributed by atoms with van der Waals surface area (Å²) in [4.78, 5) is 15.2. The van der Waals surface area contributed by atoms with Crippen LogP contribution in [0.15, 0.2) is 35.3 Å². The molecule has 0 bridgehead atoms. The van der Waals surface area contributed by atoms with E-state index in [4.69, 9.17) is 0 Å². The second-order valence-electron chi connectivity index (χ2n) is 3.50. The zero-order chi connectivity index (χ0) is 11.8. The van der Waals surface area contributed by atoms with E-state index in [1.54, 1.807) is 18.5 Å². The number of nitrogens with zero attached hydrogens (tertiary/aromatic N) is 3. The molecule has 0 spiro atoms. The Morgan fingerprint density at radius 1 is 1.18 bits per heavy atom. The van der Waals surface area contributed by atoms with Gasteiger partial charge in [-0.2, -0.15) is 0 Å². The van der Waals surface area contributed by atoms with Gasteiger partial charge in [-0.25, -0.2) is 19.3 Å². The minimum Gasteiger partial charge on any atom is -0.338 e. The molecule has 0 saturated carbocycles. The molecule has 3 aromatic rings. The van der Waals surface area contributed by atoms with E-state index in [0.29, 0.717) is 21.3 Å². The molecule has 2 aromatic heterocycles. The fraction of sp³-hybridized carbons (Fsp3) is 0. The lowest BCUT2D eigenvalue weighted by molar-refractivity contribution is 0.623. The Bertz CT molecular complexity index is 642. The maximum atomic E-state index is 13.3. The Morgan fingerprint density at radius 2 is 1.94 bits per heavy atom. The van der Waals surface area contributed by atoms with E-state index in [9.17, 15) is 4.39 Å². The monoisotopic (exact) mass is 292 g/mol. The number of hydrogen-bond acceptors (Lipinski definition) is 3. The van der Waals surface area contributed by atoms with Crippen LogP contribution in [-0.4, -0.2) is 19.9 Å². The summed E-state index contributed by atoms with van der Waals surface area (Å²) in [6, 6.07) is 3.04. The second-order valence-corrected chi connectivity index (χ2v) is 4.35. The standard InChI is InChI=1S/C11H6BrFN4/c12-7-1-9-10(2-8(7)13)17-11(16-9)6-3-14-5-15-4-6/h1-5H,(H,16,17). The van der Waals surface area contributed by atoms with Crippen LogP contribution >= 0.6 is 15.9 Å². The highest BCUT2D eigenvalue weighted by molar-refractivity contribution is 9.10. The van der Waals surface area contributed by atoms with Crippen LogP contribution in [0.1, 0.15) is 0 Å². The summed E-state index contributed by atoms with van der Waals surface area (Å²) in [5.74, 6) is 0.301. The largest absolute Gasteiger partial charge is 0.338 e. The summed E-state index contributed by atoms with van der Waals surface area (Å²) in [5.41, 5.74) is 2.10. The molecule has 0 unspecified atom stereocenters. The van der Waals surface area contributed by atoms with Gasteiger partial charge in [0.05, 0.1) is 21.1 Å². The molecular weight excluding hydrogens is 287 g/mol. The molecule has 1 aromatic carbocycles. The molecule has 0 fully saturated rings. The van der Waals surface area contributed by atoms with Gasteiger partial charge in [0, 0.05) is 18.5 Å². The molecule has 0 aliphatic rings. The van der Waals surface area contributed by atoms with Gasteiger partial charge in [-0.05, 0) is 22.0 Å². The molecule has 6 heteroatoms. The lowest BCUT2D eigenvalue weighted by atomic mass is 10.3. The molecule has 0 aliphatic carbocycles. The molecule has 17 heavy (non-hydrogen) atoms. The molecule has 0 amide bonds. The quantitative estimate of drug-likeness (QED) is 0.750. The van der Waals surface area contributed by atoms with Gasteiger partial charge in [-0.15, -0.1) is 0 Å². The van der Waals surface area contributed by atoms with E-state index in [0.717, 1.165) is 5.56 Å². The van der Waals surface area contributed by atoms with Gasteiger partial charge in [0.2, 0.25) is 0 Å². The van der Waals surface area contributed by atoms with Crippen LogP contribution in [0.2, 0.25) is 0 Å². The number of H-pyrrole nitrogens is 1. The predicted molar refractivity (Wildman–Crippen MR) is 64.8 cm³/mol. The van der Waals surface area contributed by atoms with Gasteiger partial charge in [0.1, 0.15) is 18.0 Å². The van der Waals surface area contributed by atoms with Crippen LogP contribution in [-0.2, 0) is 0 Å². The Labute approximate surface area is 104 Å². The van der Waals surface area contributed by atoms with Gasteiger partial charge < -0.3 is 4.98 Å². The van der Waals surface area contributed by atoms with Crippen molar-refractivity contribution in [3.05, 3.63) is 41.1 Å². The lowest BCUT2D eigenvalue weighted by Crippen LogP contribution is -1.83.